The zero-order valence-corrected chi connectivity index (χ0v) is 13.4. The fourth-order valence-electron chi connectivity index (χ4n) is 3.52. The summed E-state index contributed by atoms with van der Waals surface area (Å²) in [5.41, 5.74) is 2.81. The van der Waals surface area contributed by atoms with Gasteiger partial charge in [0.25, 0.3) is 0 Å². The lowest BCUT2D eigenvalue weighted by Gasteiger charge is -2.36. The standard InChI is InChI=1S/C18H21N5/c1-2-22-13-6-4-10-16(22)23-17-15(9-7-12-20-17)21-18(23)14-8-3-5-11-19-14/h3,5,7-9,11-12,16H,2,4,6,10,13H2,1H3. The summed E-state index contributed by atoms with van der Waals surface area (Å²) in [6.45, 7) is 4.40. The number of piperidine rings is 1. The minimum atomic E-state index is 0.311. The van der Waals surface area contributed by atoms with Crippen molar-refractivity contribution < 1.29 is 0 Å². The predicted octanol–water partition coefficient (Wildman–Crippen LogP) is 3.50. The molecule has 1 aliphatic rings. The molecule has 23 heavy (non-hydrogen) atoms. The van der Waals surface area contributed by atoms with Crippen molar-refractivity contribution in [1.29, 1.82) is 0 Å². The lowest BCUT2D eigenvalue weighted by Crippen LogP contribution is -2.37. The SMILES string of the molecule is CCN1CCCCC1n1c(-c2ccccn2)nc2cccnc21. The smallest absolute Gasteiger partial charge is 0.162 e. The van der Waals surface area contributed by atoms with Gasteiger partial charge in [-0.15, -0.1) is 0 Å². The summed E-state index contributed by atoms with van der Waals surface area (Å²) in [5.74, 6) is 0.921. The van der Waals surface area contributed by atoms with Crippen LogP contribution in [-0.4, -0.2) is 37.5 Å². The maximum Gasteiger partial charge on any atom is 0.162 e. The van der Waals surface area contributed by atoms with Crippen LogP contribution in [0.4, 0.5) is 0 Å². The summed E-state index contributed by atoms with van der Waals surface area (Å²) in [6.07, 6.45) is 7.63. The van der Waals surface area contributed by atoms with Crippen LogP contribution in [0.5, 0.6) is 0 Å². The van der Waals surface area contributed by atoms with E-state index in [9.17, 15) is 0 Å². The largest absolute Gasteiger partial charge is 0.291 e. The van der Waals surface area contributed by atoms with E-state index in [-0.39, 0.29) is 0 Å². The van der Waals surface area contributed by atoms with Gasteiger partial charge in [0.2, 0.25) is 0 Å². The normalized spacial score (nSPS) is 19.3. The number of hydrogen-bond donors (Lipinski definition) is 0. The monoisotopic (exact) mass is 307 g/mol. The average Bonchev–Trinajstić information content (AvgIpc) is 3.02. The van der Waals surface area contributed by atoms with Gasteiger partial charge in [-0.2, -0.15) is 0 Å². The molecule has 0 N–H and O–H groups in total. The predicted molar refractivity (Wildman–Crippen MR) is 90.9 cm³/mol. The molecular weight excluding hydrogens is 286 g/mol. The summed E-state index contributed by atoms with van der Waals surface area (Å²) in [4.78, 5) is 16.5. The highest BCUT2D eigenvalue weighted by atomic mass is 15.3. The molecule has 3 aromatic heterocycles. The molecule has 0 saturated carbocycles. The van der Waals surface area contributed by atoms with Gasteiger partial charge in [-0.25, -0.2) is 9.97 Å². The molecule has 1 fully saturated rings. The fraction of sp³-hybridized carbons (Fsp3) is 0.389. The molecule has 1 unspecified atom stereocenters. The lowest BCUT2D eigenvalue weighted by atomic mass is 10.1. The Hall–Kier alpha value is -2.27. The van der Waals surface area contributed by atoms with E-state index in [1.165, 1.54) is 12.8 Å². The molecule has 0 radical (unpaired) electrons. The first-order valence-corrected chi connectivity index (χ1v) is 8.37. The maximum atomic E-state index is 4.84. The third-order valence-corrected chi connectivity index (χ3v) is 4.63. The van der Waals surface area contributed by atoms with Gasteiger partial charge < -0.3 is 0 Å². The second-order valence-electron chi connectivity index (χ2n) is 5.97. The second kappa shape index (κ2) is 6.08. The molecular formula is C18H21N5. The summed E-state index contributed by atoms with van der Waals surface area (Å²) in [7, 11) is 0. The van der Waals surface area contributed by atoms with Crippen molar-refractivity contribution >= 4 is 11.2 Å². The summed E-state index contributed by atoms with van der Waals surface area (Å²) in [5, 5.41) is 0. The van der Waals surface area contributed by atoms with E-state index in [0.717, 1.165) is 42.2 Å². The van der Waals surface area contributed by atoms with E-state index in [1.807, 2.05) is 42.7 Å². The first-order valence-electron chi connectivity index (χ1n) is 8.37. The number of likely N-dealkylation sites (tertiary alicyclic amines) is 1. The van der Waals surface area contributed by atoms with Crippen LogP contribution in [0.25, 0.3) is 22.7 Å². The number of nitrogens with zero attached hydrogens (tertiary/aromatic N) is 5. The maximum absolute atomic E-state index is 4.84. The van der Waals surface area contributed by atoms with E-state index in [4.69, 9.17) is 4.98 Å². The molecule has 1 saturated heterocycles. The Morgan fingerprint density at radius 2 is 2.00 bits per heavy atom. The highest BCUT2D eigenvalue weighted by molar-refractivity contribution is 5.76. The molecule has 5 nitrogen and oxygen atoms in total. The first kappa shape index (κ1) is 14.3. The van der Waals surface area contributed by atoms with Crippen molar-refractivity contribution in [2.24, 2.45) is 0 Å². The van der Waals surface area contributed by atoms with Gasteiger partial charge in [-0.3, -0.25) is 14.5 Å². The third-order valence-electron chi connectivity index (χ3n) is 4.63. The van der Waals surface area contributed by atoms with Crippen molar-refractivity contribution in [3.63, 3.8) is 0 Å². The molecule has 1 aliphatic heterocycles. The van der Waals surface area contributed by atoms with Crippen LogP contribution >= 0.6 is 0 Å². The van der Waals surface area contributed by atoms with E-state index in [1.54, 1.807) is 0 Å². The highest BCUT2D eigenvalue weighted by Crippen LogP contribution is 2.33. The molecule has 0 aromatic carbocycles. The first-order chi connectivity index (χ1) is 11.4. The van der Waals surface area contributed by atoms with E-state index >= 15 is 0 Å². The van der Waals surface area contributed by atoms with Gasteiger partial charge in [-0.1, -0.05) is 13.0 Å². The molecule has 0 bridgehead atoms. The number of rotatable bonds is 3. The Morgan fingerprint density at radius 1 is 1.09 bits per heavy atom. The van der Waals surface area contributed by atoms with Crippen molar-refractivity contribution in [2.45, 2.75) is 32.4 Å². The minimum absolute atomic E-state index is 0.311. The summed E-state index contributed by atoms with van der Waals surface area (Å²) >= 11 is 0. The topological polar surface area (TPSA) is 46.8 Å². The van der Waals surface area contributed by atoms with Crippen LogP contribution in [0.2, 0.25) is 0 Å². The quantitative estimate of drug-likeness (QED) is 0.743. The van der Waals surface area contributed by atoms with Crippen LogP contribution in [0.3, 0.4) is 0 Å². The van der Waals surface area contributed by atoms with Gasteiger partial charge in [0.05, 0.1) is 6.17 Å². The Bertz CT molecular complexity index is 796. The number of pyridine rings is 2. The van der Waals surface area contributed by atoms with Crippen molar-refractivity contribution in [2.75, 3.05) is 13.1 Å². The summed E-state index contributed by atoms with van der Waals surface area (Å²) < 4.78 is 2.29. The van der Waals surface area contributed by atoms with Gasteiger partial charge in [0, 0.05) is 18.9 Å². The highest BCUT2D eigenvalue weighted by Gasteiger charge is 2.27. The molecule has 4 heterocycles. The van der Waals surface area contributed by atoms with Crippen LogP contribution in [0.1, 0.15) is 32.4 Å². The molecule has 1 atom stereocenters. The lowest BCUT2D eigenvalue weighted by molar-refractivity contribution is 0.106. The van der Waals surface area contributed by atoms with E-state index in [0.29, 0.717) is 6.17 Å². The minimum Gasteiger partial charge on any atom is -0.291 e. The van der Waals surface area contributed by atoms with E-state index in [2.05, 4.69) is 26.4 Å². The number of imidazole rings is 1. The number of fused-ring (bicyclic) bond motifs is 1. The molecule has 118 valence electrons. The molecule has 3 aromatic rings. The van der Waals surface area contributed by atoms with Gasteiger partial charge in [0.15, 0.2) is 11.5 Å². The van der Waals surface area contributed by atoms with Crippen molar-refractivity contribution in [3.05, 3.63) is 42.7 Å². The second-order valence-corrected chi connectivity index (χ2v) is 5.97. The van der Waals surface area contributed by atoms with Crippen LogP contribution in [0.15, 0.2) is 42.7 Å². The Kier molecular flexibility index (Phi) is 3.79. The average molecular weight is 307 g/mol. The fourth-order valence-corrected chi connectivity index (χ4v) is 3.52. The van der Waals surface area contributed by atoms with Crippen molar-refractivity contribution in [3.8, 4) is 11.5 Å². The number of aromatic nitrogens is 4. The van der Waals surface area contributed by atoms with Gasteiger partial charge >= 0.3 is 0 Å². The van der Waals surface area contributed by atoms with Gasteiger partial charge in [0.1, 0.15) is 11.2 Å². The molecule has 0 spiro atoms. The Labute approximate surface area is 136 Å². The molecule has 5 heteroatoms. The molecule has 0 amide bonds. The molecule has 4 rings (SSSR count). The molecule has 0 aliphatic carbocycles. The zero-order valence-electron chi connectivity index (χ0n) is 13.4. The Balaban J connectivity index is 1.92. The van der Waals surface area contributed by atoms with Crippen LogP contribution < -0.4 is 0 Å². The van der Waals surface area contributed by atoms with Crippen molar-refractivity contribution in [1.82, 2.24) is 24.4 Å². The van der Waals surface area contributed by atoms with Crippen LogP contribution in [0, 0.1) is 0 Å². The van der Waals surface area contributed by atoms with Gasteiger partial charge in [-0.05, 0) is 50.1 Å². The zero-order chi connectivity index (χ0) is 15.6. The van der Waals surface area contributed by atoms with E-state index < -0.39 is 0 Å². The summed E-state index contributed by atoms with van der Waals surface area (Å²) in [6, 6.07) is 9.95. The third kappa shape index (κ3) is 2.51. The Morgan fingerprint density at radius 3 is 2.83 bits per heavy atom. The number of hydrogen-bond acceptors (Lipinski definition) is 4. The van der Waals surface area contributed by atoms with Crippen LogP contribution in [-0.2, 0) is 0 Å².